The first-order valence-corrected chi connectivity index (χ1v) is 6.19. The summed E-state index contributed by atoms with van der Waals surface area (Å²) >= 11 is 0. The number of hydrogen-bond acceptors (Lipinski definition) is 2. The molecule has 1 aromatic carbocycles. The second kappa shape index (κ2) is 3.92. The molecular weight excluding hydrogens is 236 g/mol. The van der Waals surface area contributed by atoms with Gasteiger partial charge in [-0.05, 0) is 48.0 Å². The van der Waals surface area contributed by atoms with Gasteiger partial charge in [0.2, 0.25) is 0 Å². The number of rotatable bonds is 2. The molecule has 3 nitrogen and oxygen atoms in total. The largest absolute Gasteiger partial charge is 0.472 e. The maximum Gasteiger partial charge on any atom is 0.0980 e. The van der Waals surface area contributed by atoms with E-state index in [0.717, 1.165) is 22.5 Å². The molecule has 0 atom stereocenters. The van der Waals surface area contributed by atoms with E-state index in [2.05, 4.69) is 46.7 Å². The monoisotopic (exact) mass is 248 g/mol. The first kappa shape index (κ1) is 10.3. The number of benzene rings is 1. The van der Waals surface area contributed by atoms with Crippen LogP contribution >= 0.6 is 0 Å². The van der Waals surface area contributed by atoms with Crippen LogP contribution in [0.25, 0.3) is 22.0 Å². The van der Waals surface area contributed by atoms with Crippen LogP contribution in [0.1, 0.15) is 0 Å². The van der Waals surface area contributed by atoms with Crippen LogP contribution in [0.15, 0.2) is 65.6 Å². The second-order valence-electron chi connectivity index (χ2n) is 4.62. The molecule has 1 aliphatic heterocycles. The van der Waals surface area contributed by atoms with Crippen molar-refractivity contribution >= 4 is 22.3 Å². The van der Waals surface area contributed by atoms with Crippen LogP contribution in [0.5, 0.6) is 0 Å². The van der Waals surface area contributed by atoms with Gasteiger partial charge < -0.3 is 14.7 Å². The van der Waals surface area contributed by atoms with Crippen molar-refractivity contribution in [1.82, 2.24) is 4.98 Å². The molecule has 0 radical (unpaired) electrons. The van der Waals surface area contributed by atoms with Crippen molar-refractivity contribution in [3.8, 4) is 11.1 Å². The Morgan fingerprint density at radius 1 is 0.895 bits per heavy atom. The lowest BCUT2D eigenvalue weighted by Gasteiger charge is -2.03. The first-order valence-electron chi connectivity index (χ1n) is 6.19. The van der Waals surface area contributed by atoms with Crippen molar-refractivity contribution in [3.63, 3.8) is 0 Å². The van der Waals surface area contributed by atoms with Gasteiger partial charge in [0.25, 0.3) is 0 Å². The predicted molar refractivity (Wildman–Crippen MR) is 76.9 cm³/mol. The summed E-state index contributed by atoms with van der Waals surface area (Å²) in [6.07, 6.45) is 5.40. The summed E-state index contributed by atoms with van der Waals surface area (Å²) in [6, 6.07) is 14.5. The molecule has 0 amide bonds. The van der Waals surface area contributed by atoms with E-state index in [0.29, 0.717) is 0 Å². The number of aromatic nitrogens is 1. The molecule has 2 heterocycles. The Morgan fingerprint density at radius 2 is 1.84 bits per heavy atom. The number of aromatic amines is 1. The van der Waals surface area contributed by atoms with Crippen LogP contribution in [-0.4, -0.2) is 4.98 Å². The predicted octanol–water partition coefficient (Wildman–Crippen LogP) is 4.61. The van der Waals surface area contributed by atoms with E-state index >= 15 is 0 Å². The van der Waals surface area contributed by atoms with Crippen LogP contribution in [-0.2, 0) is 0 Å². The summed E-state index contributed by atoms with van der Waals surface area (Å²) in [7, 11) is 0. The van der Waals surface area contributed by atoms with Crippen LogP contribution in [0, 0.1) is 0 Å². The van der Waals surface area contributed by atoms with Crippen molar-refractivity contribution in [2.24, 2.45) is 0 Å². The Bertz CT molecular complexity index is 782. The third kappa shape index (κ3) is 1.76. The zero-order valence-corrected chi connectivity index (χ0v) is 10.2. The summed E-state index contributed by atoms with van der Waals surface area (Å²) in [5.74, 6) is 0. The Balaban J connectivity index is 1.72. The Morgan fingerprint density at radius 3 is 2.79 bits per heavy atom. The Kier molecular flexibility index (Phi) is 2.12. The lowest BCUT2D eigenvalue weighted by molar-refractivity contribution is 0.552. The zero-order chi connectivity index (χ0) is 12.7. The number of hydrogen-bond donors (Lipinski definition) is 2. The maximum absolute atomic E-state index is 5.17. The molecule has 2 N–H and O–H groups in total. The van der Waals surface area contributed by atoms with Gasteiger partial charge in [-0.1, -0.05) is 0 Å². The molecule has 4 rings (SSSR count). The Hall–Kier alpha value is -2.68. The molecule has 1 aliphatic carbocycles. The van der Waals surface area contributed by atoms with E-state index in [1.54, 1.807) is 12.5 Å². The van der Waals surface area contributed by atoms with Crippen LogP contribution in [0.4, 0.5) is 11.4 Å². The lowest BCUT2D eigenvalue weighted by Crippen LogP contribution is -1.86. The van der Waals surface area contributed by atoms with Crippen molar-refractivity contribution < 1.29 is 4.42 Å². The molecule has 0 saturated carbocycles. The number of fused-ring (bicyclic) bond motifs is 2. The molecule has 0 bridgehead atoms. The van der Waals surface area contributed by atoms with E-state index in [4.69, 9.17) is 4.42 Å². The highest BCUT2D eigenvalue weighted by atomic mass is 16.3. The molecule has 3 heteroatoms. The lowest BCUT2D eigenvalue weighted by atomic mass is 10.2. The second-order valence-corrected chi connectivity index (χ2v) is 4.62. The van der Waals surface area contributed by atoms with E-state index < -0.39 is 0 Å². The molecule has 2 aliphatic rings. The SMILES string of the molecule is c1cc2cc(Nc3cc4ccocc-4c3)ccc2[nH]1. The van der Waals surface area contributed by atoms with Gasteiger partial charge in [-0.15, -0.1) is 0 Å². The molecule has 1 aromatic heterocycles. The van der Waals surface area contributed by atoms with Crippen LogP contribution in [0.3, 0.4) is 0 Å². The smallest absolute Gasteiger partial charge is 0.0980 e. The van der Waals surface area contributed by atoms with E-state index in [9.17, 15) is 0 Å². The van der Waals surface area contributed by atoms with E-state index in [-0.39, 0.29) is 0 Å². The number of anilines is 2. The van der Waals surface area contributed by atoms with Crippen molar-refractivity contribution in [3.05, 3.63) is 61.2 Å². The highest BCUT2D eigenvalue weighted by molar-refractivity contribution is 5.85. The molecular formula is C16H12N2O. The minimum Gasteiger partial charge on any atom is -0.472 e. The summed E-state index contributed by atoms with van der Waals surface area (Å²) in [5, 5.41) is 4.62. The zero-order valence-electron chi connectivity index (χ0n) is 10.2. The molecule has 19 heavy (non-hydrogen) atoms. The van der Waals surface area contributed by atoms with Gasteiger partial charge in [-0.2, -0.15) is 0 Å². The first-order chi connectivity index (χ1) is 9.38. The topological polar surface area (TPSA) is 41.0 Å². The molecule has 2 aromatic rings. The van der Waals surface area contributed by atoms with Gasteiger partial charge in [0.1, 0.15) is 0 Å². The van der Waals surface area contributed by atoms with Gasteiger partial charge in [0.05, 0.1) is 12.5 Å². The molecule has 0 unspecified atom stereocenters. The molecule has 0 fully saturated rings. The maximum atomic E-state index is 5.17. The summed E-state index contributed by atoms with van der Waals surface area (Å²) in [4.78, 5) is 3.19. The fraction of sp³-hybridized carbons (Fsp3) is 0. The van der Waals surface area contributed by atoms with Gasteiger partial charge >= 0.3 is 0 Å². The van der Waals surface area contributed by atoms with E-state index in [1.165, 1.54) is 10.9 Å². The minimum absolute atomic E-state index is 1.08. The van der Waals surface area contributed by atoms with Crippen molar-refractivity contribution in [1.29, 1.82) is 0 Å². The average Bonchev–Trinajstić information content (AvgIpc) is 3.03. The highest BCUT2D eigenvalue weighted by Gasteiger charge is 2.06. The van der Waals surface area contributed by atoms with Crippen molar-refractivity contribution in [2.75, 3.05) is 5.32 Å². The fourth-order valence-corrected chi connectivity index (χ4v) is 2.38. The average molecular weight is 248 g/mol. The third-order valence-corrected chi connectivity index (χ3v) is 3.32. The fourth-order valence-electron chi connectivity index (χ4n) is 2.38. The summed E-state index contributed by atoms with van der Waals surface area (Å²) < 4.78 is 5.17. The standard InChI is InChI=1S/C16H12N2O/c1-2-16-12(3-5-17-16)8-14(1)18-15-7-11-4-6-19-10-13(11)9-15/h1-10,17-18H. The summed E-state index contributed by atoms with van der Waals surface area (Å²) in [5.41, 5.74) is 5.59. The van der Waals surface area contributed by atoms with Gasteiger partial charge in [-0.25, -0.2) is 0 Å². The van der Waals surface area contributed by atoms with Gasteiger partial charge in [-0.3, -0.25) is 0 Å². The molecule has 0 saturated heterocycles. The van der Waals surface area contributed by atoms with Gasteiger partial charge in [0, 0.05) is 34.0 Å². The van der Waals surface area contributed by atoms with Crippen LogP contribution < -0.4 is 5.32 Å². The number of nitrogens with one attached hydrogen (secondary N) is 2. The van der Waals surface area contributed by atoms with Crippen molar-refractivity contribution in [2.45, 2.75) is 0 Å². The highest BCUT2D eigenvalue weighted by Crippen LogP contribution is 2.31. The third-order valence-electron chi connectivity index (χ3n) is 3.32. The summed E-state index contributed by atoms with van der Waals surface area (Å²) in [6.45, 7) is 0. The van der Waals surface area contributed by atoms with Gasteiger partial charge in [0.15, 0.2) is 0 Å². The minimum atomic E-state index is 1.08. The molecule has 0 spiro atoms. The quantitative estimate of drug-likeness (QED) is 0.544. The van der Waals surface area contributed by atoms with Crippen LogP contribution in [0.2, 0.25) is 0 Å². The molecule has 92 valence electrons. The number of H-pyrrole nitrogens is 1. The van der Waals surface area contributed by atoms with E-state index in [1.807, 2.05) is 12.3 Å². The Labute approximate surface area is 110 Å². The normalized spacial score (nSPS) is 11.2.